The summed E-state index contributed by atoms with van der Waals surface area (Å²) in [6.07, 6.45) is 0. The van der Waals surface area contributed by atoms with Crippen LogP contribution in [0.15, 0.2) is 152 Å². The van der Waals surface area contributed by atoms with Gasteiger partial charge in [0.05, 0.1) is 5.52 Å². The van der Waals surface area contributed by atoms with Crippen LogP contribution in [0.5, 0.6) is 0 Å². The average molecular weight is 551 g/mol. The summed E-state index contributed by atoms with van der Waals surface area (Å²) in [7, 11) is 0. The van der Waals surface area contributed by atoms with Crippen molar-refractivity contribution in [1.82, 2.24) is 19.9 Å². The number of fused-ring (bicyclic) bond motifs is 3. The Morgan fingerprint density at radius 3 is 1.49 bits per heavy atom. The van der Waals surface area contributed by atoms with Crippen LogP contribution in [0.1, 0.15) is 0 Å². The van der Waals surface area contributed by atoms with Crippen LogP contribution in [0.2, 0.25) is 0 Å². The Bertz CT molecular complexity index is 2180. The second kappa shape index (κ2) is 10.5. The third-order valence-electron chi connectivity index (χ3n) is 7.87. The normalized spacial score (nSPS) is 11.3. The van der Waals surface area contributed by atoms with Gasteiger partial charge in [-0.15, -0.1) is 0 Å². The Morgan fingerprint density at radius 1 is 0.349 bits per heavy atom. The zero-order valence-electron chi connectivity index (χ0n) is 23.3. The van der Waals surface area contributed by atoms with Crippen molar-refractivity contribution in [2.45, 2.75) is 0 Å². The standard InChI is InChI=1S/C39H26N4/c1-3-12-26(13-4-1)37-41-38(27-14-5-2-6-15-27)43-39(42-37)31-19-10-17-29(25-31)28-16-9-18-30(24-28)32-21-11-22-34-33-20-7-8-23-35(33)40-36(32)34/h1-25,40H. The van der Waals surface area contributed by atoms with Crippen LogP contribution in [0.3, 0.4) is 0 Å². The van der Waals surface area contributed by atoms with Crippen molar-refractivity contribution in [3.05, 3.63) is 152 Å². The minimum absolute atomic E-state index is 0.647. The van der Waals surface area contributed by atoms with Crippen LogP contribution < -0.4 is 0 Å². The summed E-state index contributed by atoms with van der Waals surface area (Å²) in [5, 5.41) is 2.48. The first-order valence-electron chi connectivity index (χ1n) is 14.4. The van der Waals surface area contributed by atoms with Gasteiger partial charge >= 0.3 is 0 Å². The van der Waals surface area contributed by atoms with Gasteiger partial charge in [-0.2, -0.15) is 0 Å². The van der Waals surface area contributed by atoms with Gasteiger partial charge in [-0.05, 0) is 34.9 Å². The third-order valence-corrected chi connectivity index (χ3v) is 7.87. The predicted molar refractivity (Wildman–Crippen MR) is 176 cm³/mol. The van der Waals surface area contributed by atoms with E-state index in [1.165, 1.54) is 16.3 Å². The number of benzene rings is 6. The van der Waals surface area contributed by atoms with E-state index in [0.29, 0.717) is 17.5 Å². The second-order valence-corrected chi connectivity index (χ2v) is 10.6. The van der Waals surface area contributed by atoms with Gasteiger partial charge in [0.25, 0.3) is 0 Å². The fraction of sp³-hybridized carbons (Fsp3) is 0. The Labute approximate surface area is 249 Å². The molecule has 6 aromatic carbocycles. The molecule has 43 heavy (non-hydrogen) atoms. The summed E-state index contributed by atoms with van der Waals surface area (Å²) in [5.74, 6) is 1.96. The molecule has 4 nitrogen and oxygen atoms in total. The van der Waals surface area contributed by atoms with Gasteiger partial charge < -0.3 is 4.98 Å². The molecule has 0 bridgehead atoms. The van der Waals surface area contributed by atoms with E-state index >= 15 is 0 Å². The number of rotatable bonds is 5. The van der Waals surface area contributed by atoms with Gasteiger partial charge in [-0.1, -0.05) is 133 Å². The van der Waals surface area contributed by atoms with Crippen LogP contribution in [-0.2, 0) is 0 Å². The predicted octanol–water partition coefficient (Wildman–Crippen LogP) is 9.84. The lowest BCUT2D eigenvalue weighted by molar-refractivity contribution is 1.07. The molecule has 0 radical (unpaired) electrons. The summed E-state index contributed by atoms with van der Waals surface area (Å²) in [4.78, 5) is 18.3. The number of aromatic nitrogens is 4. The summed E-state index contributed by atoms with van der Waals surface area (Å²) in [5.41, 5.74) is 9.74. The van der Waals surface area contributed by atoms with Crippen LogP contribution in [-0.4, -0.2) is 19.9 Å². The topological polar surface area (TPSA) is 54.5 Å². The van der Waals surface area contributed by atoms with Crippen LogP contribution >= 0.6 is 0 Å². The zero-order chi connectivity index (χ0) is 28.6. The number of hydrogen-bond acceptors (Lipinski definition) is 3. The van der Waals surface area contributed by atoms with Crippen LogP contribution in [0.25, 0.3) is 78.2 Å². The number of nitrogens with zero attached hydrogens (tertiary/aromatic N) is 3. The number of nitrogens with one attached hydrogen (secondary N) is 1. The number of H-pyrrole nitrogens is 1. The maximum Gasteiger partial charge on any atom is 0.164 e. The van der Waals surface area contributed by atoms with Crippen molar-refractivity contribution in [1.29, 1.82) is 0 Å². The molecule has 0 fully saturated rings. The van der Waals surface area contributed by atoms with Crippen molar-refractivity contribution in [3.8, 4) is 56.4 Å². The molecule has 0 aliphatic rings. The van der Waals surface area contributed by atoms with E-state index in [4.69, 9.17) is 15.0 Å². The third kappa shape index (κ3) is 4.65. The van der Waals surface area contributed by atoms with Crippen LogP contribution in [0.4, 0.5) is 0 Å². The van der Waals surface area contributed by atoms with E-state index in [9.17, 15) is 0 Å². The highest BCUT2D eigenvalue weighted by molar-refractivity contribution is 6.11. The maximum absolute atomic E-state index is 4.93. The lowest BCUT2D eigenvalue weighted by Gasteiger charge is -2.11. The Kier molecular flexibility index (Phi) is 6.08. The smallest absolute Gasteiger partial charge is 0.164 e. The molecule has 8 aromatic rings. The van der Waals surface area contributed by atoms with Gasteiger partial charge in [-0.25, -0.2) is 15.0 Å². The van der Waals surface area contributed by atoms with Crippen molar-refractivity contribution in [2.24, 2.45) is 0 Å². The molecule has 0 unspecified atom stereocenters. The minimum Gasteiger partial charge on any atom is -0.354 e. The first kappa shape index (κ1) is 24.9. The number of aromatic amines is 1. The lowest BCUT2D eigenvalue weighted by atomic mass is 9.96. The molecule has 8 rings (SSSR count). The molecule has 0 saturated carbocycles. The van der Waals surface area contributed by atoms with Gasteiger partial charge in [0.1, 0.15) is 0 Å². The van der Waals surface area contributed by atoms with Crippen molar-refractivity contribution in [3.63, 3.8) is 0 Å². The molecule has 4 heteroatoms. The molecule has 202 valence electrons. The van der Waals surface area contributed by atoms with E-state index < -0.39 is 0 Å². The van der Waals surface area contributed by atoms with Gasteiger partial charge in [0.15, 0.2) is 17.5 Å². The number of hydrogen-bond donors (Lipinski definition) is 1. The Hall–Kier alpha value is -5.87. The largest absolute Gasteiger partial charge is 0.354 e. The second-order valence-electron chi connectivity index (χ2n) is 10.6. The lowest BCUT2D eigenvalue weighted by Crippen LogP contribution is -2.00. The highest BCUT2D eigenvalue weighted by atomic mass is 15.0. The van der Waals surface area contributed by atoms with E-state index in [2.05, 4.69) is 96.0 Å². The highest BCUT2D eigenvalue weighted by Gasteiger charge is 2.14. The molecule has 2 aromatic heterocycles. The van der Waals surface area contributed by atoms with Crippen LogP contribution in [0, 0.1) is 0 Å². The quantitative estimate of drug-likeness (QED) is 0.232. The summed E-state index contributed by atoms with van der Waals surface area (Å²) in [6.45, 7) is 0. The molecule has 0 saturated heterocycles. The fourth-order valence-electron chi connectivity index (χ4n) is 5.76. The first-order valence-corrected chi connectivity index (χ1v) is 14.4. The van der Waals surface area contributed by atoms with Gasteiger partial charge in [-0.3, -0.25) is 0 Å². The number of para-hydroxylation sites is 2. The van der Waals surface area contributed by atoms with E-state index in [0.717, 1.165) is 44.4 Å². The fourth-order valence-corrected chi connectivity index (χ4v) is 5.76. The molecule has 2 heterocycles. The summed E-state index contributed by atoms with van der Waals surface area (Å²) in [6, 6.07) is 52.3. The molecule has 0 amide bonds. The molecule has 0 atom stereocenters. The van der Waals surface area contributed by atoms with Crippen molar-refractivity contribution < 1.29 is 0 Å². The van der Waals surface area contributed by atoms with E-state index in [-0.39, 0.29) is 0 Å². The highest BCUT2D eigenvalue weighted by Crippen LogP contribution is 2.35. The summed E-state index contributed by atoms with van der Waals surface area (Å²) >= 11 is 0. The van der Waals surface area contributed by atoms with Crippen molar-refractivity contribution >= 4 is 21.8 Å². The van der Waals surface area contributed by atoms with E-state index in [1.54, 1.807) is 0 Å². The van der Waals surface area contributed by atoms with Gasteiger partial charge in [0.2, 0.25) is 0 Å². The Balaban J connectivity index is 1.22. The van der Waals surface area contributed by atoms with Crippen molar-refractivity contribution in [2.75, 3.05) is 0 Å². The average Bonchev–Trinajstić information content (AvgIpc) is 3.48. The van der Waals surface area contributed by atoms with E-state index in [1.807, 2.05) is 60.7 Å². The minimum atomic E-state index is 0.647. The molecule has 0 aliphatic heterocycles. The maximum atomic E-state index is 4.93. The molecule has 0 aliphatic carbocycles. The first-order chi connectivity index (χ1) is 21.3. The monoisotopic (exact) mass is 550 g/mol. The molecule has 0 spiro atoms. The Morgan fingerprint density at radius 2 is 0.814 bits per heavy atom. The molecular formula is C39H26N4. The van der Waals surface area contributed by atoms with Gasteiger partial charge in [0, 0.05) is 38.5 Å². The zero-order valence-corrected chi connectivity index (χ0v) is 23.3. The summed E-state index contributed by atoms with van der Waals surface area (Å²) < 4.78 is 0. The molecule has 1 N–H and O–H groups in total. The SMILES string of the molecule is c1ccc(-c2nc(-c3ccccc3)nc(-c3cccc(-c4cccc(-c5cccc6c5[nH]c5ccccc56)c4)c3)n2)cc1. The molecular weight excluding hydrogens is 524 g/mol.